The summed E-state index contributed by atoms with van der Waals surface area (Å²) in [5.41, 5.74) is 5.16. The lowest BCUT2D eigenvalue weighted by Crippen LogP contribution is -2.39. The SMILES string of the molecule is CCc1cc(C(=O)N2CCc3ccccc3[C@H]2C)nn2cc(-c3cnc(N4CCCC4)cc3F)nc12. The minimum absolute atomic E-state index is 0.0299. The van der Waals surface area contributed by atoms with Crippen molar-refractivity contribution in [2.75, 3.05) is 24.5 Å². The largest absolute Gasteiger partial charge is 0.357 e. The van der Waals surface area contributed by atoms with E-state index in [9.17, 15) is 4.79 Å². The molecule has 0 N–H and O–H groups in total. The molecule has 2 aliphatic heterocycles. The Hall–Kier alpha value is -3.81. The molecule has 0 spiro atoms. The topological polar surface area (TPSA) is 66.6 Å². The van der Waals surface area contributed by atoms with Gasteiger partial charge in [0.15, 0.2) is 5.65 Å². The minimum Gasteiger partial charge on any atom is -0.357 e. The summed E-state index contributed by atoms with van der Waals surface area (Å²) in [6, 6.07) is 11.6. The molecule has 1 saturated heterocycles. The van der Waals surface area contributed by atoms with Crippen LogP contribution >= 0.6 is 0 Å². The average Bonchev–Trinajstić information content (AvgIpc) is 3.58. The molecule has 0 saturated carbocycles. The molecule has 1 fully saturated rings. The van der Waals surface area contributed by atoms with E-state index in [4.69, 9.17) is 0 Å². The van der Waals surface area contributed by atoms with E-state index < -0.39 is 0 Å². The number of benzene rings is 1. The van der Waals surface area contributed by atoms with Crippen molar-refractivity contribution >= 4 is 17.4 Å². The first kappa shape index (κ1) is 22.6. The predicted octanol–water partition coefficient (Wildman–Crippen LogP) is 4.85. The normalized spacial score (nSPS) is 17.6. The molecule has 6 rings (SSSR count). The average molecular weight is 485 g/mol. The Labute approximate surface area is 209 Å². The number of nitrogens with zero attached hydrogens (tertiary/aromatic N) is 6. The van der Waals surface area contributed by atoms with E-state index in [1.54, 1.807) is 16.9 Å². The highest BCUT2D eigenvalue weighted by atomic mass is 19.1. The Morgan fingerprint density at radius 2 is 1.94 bits per heavy atom. The molecule has 1 aromatic carbocycles. The summed E-state index contributed by atoms with van der Waals surface area (Å²) in [5.74, 6) is 0.201. The Bertz CT molecular complexity index is 1460. The van der Waals surface area contributed by atoms with Gasteiger partial charge in [-0.2, -0.15) is 5.10 Å². The lowest BCUT2D eigenvalue weighted by atomic mass is 9.93. The summed E-state index contributed by atoms with van der Waals surface area (Å²) in [6.07, 6.45) is 6.95. The first-order valence-electron chi connectivity index (χ1n) is 12.7. The van der Waals surface area contributed by atoms with Crippen molar-refractivity contribution < 1.29 is 9.18 Å². The molecule has 3 aromatic heterocycles. The number of imidazole rings is 1. The Balaban J connectivity index is 1.34. The van der Waals surface area contributed by atoms with Crippen molar-refractivity contribution in [2.24, 2.45) is 0 Å². The maximum atomic E-state index is 15.1. The molecule has 0 radical (unpaired) electrons. The lowest BCUT2D eigenvalue weighted by Gasteiger charge is -2.35. The van der Waals surface area contributed by atoms with Crippen LogP contribution in [0.2, 0.25) is 0 Å². The summed E-state index contributed by atoms with van der Waals surface area (Å²) in [7, 11) is 0. The van der Waals surface area contributed by atoms with Crippen LogP contribution in [0, 0.1) is 5.82 Å². The van der Waals surface area contributed by atoms with Gasteiger partial charge in [0.05, 0.1) is 23.5 Å². The lowest BCUT2D eigenvalue weighted by molar-refractivity contribution is 0.0670. The second-order valence-electron chi connectivity index (χ2n) is 9.64. The third-order valence-corrected chi connectivity index (χ3v) is 7.50. The summed E-state index contributed by atoms with van der Waals surface area (Å²) in [4.78, 5) is 26.7. The molecule has 8 heteroatoms. The van der Waals surface area contributed by atoms with E-state index in [0.29, 0.717) is 41.4 Å². The number of aromatic nitrogens is 4. The monoisotopic (exact) mass is 484 g/mol. The van der Waals surface area contributed by atoms with E-state index in [1.807, 2.05) is 30.0 Å². The van der Waals surface area contributed by atoms with Crippen molar-refractivity contribution in [3.8, 4) is 11.3 Å². The number of carbonyl (C=O) groups is 1. The van der Waals surface area contributed by atoms with Crippen LogP contribution < -0.4 is 4.90 Å². The molecule has 1 atom stereocenters. The standard InChI is InChI=1S/C28H29FN6O/c1-3-19-14-24(28(36)34-13-10-20-8-4-5-9-21(20)18(34)2)32-35-17-25(31-27(19)35)22-16-30-26(15-23(22)29)33-11-6-7-12-33/h4-5,8-9,14-18H,3,6-7,10-13H2,1-2H3/t18-/m1/s1. The highest BCUT2D eigenvalue weighted by molar-refractivity contribution is 5.93. The number of pyridine rings is 1. The van der Waals surface area contributed by atoms with Gasteiger partial charge in [0.1, 0.15) is 17.3 Å². The van der Waals surface area contributed by atoms with Crippen LogP contribution in [-0.4, -0.2) is 50.0 Å². The summed E-state index contributed by atoms with van der Waals surface area (Å²) < 4.78 is 16.7. The van der Waals surface area contributed by atoms with Crippen molar-refractivity contribution in [3.05, 3.63) is 77.0 Å². The molecule has 1 amide bonds. The molecule has 0 aliphatic carbocycles. The molecule has 2 aliphatic rings. The van der Waals surface area contributed by atoms with Crippen molar-refractivity contribution in [2.45, 2.75) is 45.6 Å². The van der Waals surface area contributed by atoms with Gasteiger partial charge >= 0.3 is 0 Å². The van der Waals surface area contributed by atoms with Gasteiger partial charge in [-0.3, -0.25) is 4.79 Å². The fourth-order valence-corrected chi connectivity index (χ4v) is 5.46. The molecular formula is C28H29FN6O. The van der Waals surface area contributed by atoms with Crippen LogP contribution in [0.25, 0.3) is 16.9 Å². The fourth-order valence-electron chi connectivity index (χ4n) is 5.46. The van der Waals surface area contributed by atoms with Crippen molar-refractivity contribution in [1.82, 2.24) is 24.5 Å². The van der Waals surface area contributed by atoms with Crippen LogP contribution in [0.4, 0.5) is 10.2 Å². The van der Waals surface area contributed by atoms with E-state index in [2.05, 4.69) is 39.0 Å². The second-order valence-corrected chi connectivity index (χ2v) is 9.64. The number of halogens is 1. The van der Waals surface area contributed by atoms with Gasteiger partial charge in [0.25, 0.3) is 5.91 Å². The number of anilines is 1. The molecule has 0 unspecified atom stereocenters. The quantitative estimate of drug-likeness (QED) is 0.414. The van der Waals surface area contributed by atoms with Gasteiger partial charge in [-0.15, -0.1) is 0 Å². The molecule has 5 heterocycles. The molecule has 7 nitrogen and oxygen atoms in total. The highest BCUT2D eigenvalue weighted by Gasteiger charge is 2.29. The number of hydrogen-bond acceptors (Lipinski definition) is 5. The molecular weight excluding hydrogens is 455 g/mol. The summed E-state index contributed by atoms with van der Waals surface area (Å²) in [6.45, 7) is 6.54. The number of rotatable bonds is 4. The van der Waals surface area contributed by atoms with Gasteiger partial charge in [-0.1, -0.05) is 31.2 Å². The maximum absolute atomic E-state index is 15.1. The Kier molecular flexibility index (Phi) is 5.66. The Morgan fingerprint density at radius 3 is 2.72 bits per heavy atom. The zero-order chi connectivity index (χ0) is 24.8. The van der Waals surface area contributed by atoms with E-state index >= 15 is 4.39 Å². The number of aryl methyl sites for hydroxylation is 1. The number of hydrogen-bond donors (Lipinski definition) is 0. The van der Waals surface area contributed by atoms with Crippen molar-refractivity contribution in [3.63, 3.8) is 0 Å². The second kappa shape index (κ2) is 9.00. The van der Waals surface area contributed by atoms with Crippen LogP contribution in [0.5, 0.6) is 0 Å². The highest BCUT2D eigenvalue weighted by Crippen LogP contribution is 2.31. The van der Waals surface area contributed by atoms with Gasteiger partial charge in [-0.05, 0) is 55.4 Å². The van der Waals surface area contributed by atoms with Gasteiger partial charge in [-0.25, -0.2) is 18.9 Å². The van der Waals surface area contributed by atoms with Gasteiger partial charge in [0, 0.05) is 31.9 Å². The zero-order valence-corrected chi connectivity index (χ0v) is 20.6. The molecule has 0 bridgehead atoms. The van der Waals surface area contributed by atoms with E-state index in [1.165, 1.54) is 17.2 Å². The van der Waals surface area contributed by atoms with Gasteiger partial charge < -0.3 is 9.80 Å². The number of fused-ring (bicyclic) bond motifs is 2. The van der Waals surface area contributed by atoms with E-state index in [-0.39, 0.29) is 17.8 Å². The first-order chi connectivity index (χ1) is 17.5. The number of carbonyl (C=O) groups excluding carboxylic acids is 1. The van der Waals surface area contributed by atoms with E-state index in [0.717, 1.165) is 37.9 Å². The predicted molar refractivity (Wildman–Crippen MR) is 137 cm³/mol. The van der Waals surface area contributed by atoms with Gasteiger partial charge in [0.2, 0.25) is 0 Å². The number of amides is 1. The fraction of sp³-hybridized carbons (Fsp3) is 0.357. The van der Waals surface area contributed by atoms with Crippen LogP contribution in [0.3, 0.4) is 0 Å². The molecule has 4 aromatic rings. The summed E-state index contributed by atoms with van der Waals surface area (Å²) in [5, 5.41) is 4.62. The maximum Gasteiger partial charge on any atom is 0.274 e. The first-order valence-corrected chi connectivity index (χ1v) is 12.7. The van der Waals surface area contributed by atoms with Crippen LogP contribution in [0.15, 0.2) is 48.8 Å². The Morgan fingerprint density at radius 1 is 1.14 bits per heavy atom. The smallest absolute Gasteiger partial charge is 0.274 e. The third kappa shape index (κ3) is 3.81. The molecule has 36 heavy (non-hydrogen) atoms. The van der Waals surface area contributed by atoms with Crippen LogP contribution in [0.1, 0.15) is 59.9 Å². The molecule has 184 valence electrons. The zero-order valence-electron chi connectivity index (χ0n) is 20.6. The van der Waals surface area contributed by atoms with Crippen molar-refractivity contribution in [1.29, 1.82) is 0 Å². The minimum atomic E-state index is -0.356. The third-order valence-electron chi connectivity index (χ3n) is 7.50. The summed E-state index contributed by atoms with van der Waals surface area (Å²) >= 11 is 0. The van der Waals surface area contributed by atoms with Crippen LogP contribution in [-0.2, 0) is 12.8 Å².